The van der Waals surface area contributed by atoms with Gasteiger partial charge in [-0.2, -0.15) is 4.31 Å². The van der Waals surface area contributed by atoms with Crippen LogP contribution in [-0.4, -0.2) is 49.0 Å². The fraction of sp³-hybridized carbons (Fsp3) is 0.412. The second-order valence-corrected chi connectivity index (χ2v) is 8.40. The van der Waals surface area contributed by atoms with E-state index in [1.165, 1.54) is 23.8 Å². The van der Waals surface area contributed by atoms with E-state index in [9.17, 15) is 8.42 Å². The summed E-state index contributed by atoms with van der Waals surface area (Å²) >= 11 is 5.85. The maximum Gasteiger partial charge on any atom is 0.278 e. The summed E-state index contributed by atoms with van der Waals surface area (Å²) < 4.78 is 37.9. The summed E-state index contributed by atoms with van der Waals surface area (Å²) in [5.74, 6) is 0.497. The zero-order valence-corrected chi connectivity index (χ0v) is 15.9. The lowest BCUT2D eigenvalue weighted by molar-refractivity contribution is 0.119. The van der Waals surface area contributed by atoms with Crippen molar-refractivity contribution in [2.45, 2.75) is 24.7 Å². The van der Waals surface area contributed by atoms with Crippen LogP contribution in [0.15, 0.2) is 36.7 Å². The van der Waals surface area contributed by atoms with Gasteiger partial charge in [0.1, 0.15) is 6.10 Å². The lowest BCUT2D eigenvalue weighted by atomic mass is 10.1. The summed E-state index contributed by atoms with van der Waals surface area (Å²) in [6.45, 7) is 0.753. The molecule has 0 N–H and O–H groups in total. The molecule has 1 saturated heterocycles. The molecule has 1 aliphatic heterocycles. The third-order valence-corrected chi connectivity index (χ3v) is 6.17. The molecule has 9 heteroatoms. The predicted molar refractivity (Wildman–Crippen MR) is 97.9 cm³/mol. The van der Waals surface area contributed by atoms with Gasteiger partial charge in [0, 0.05) is 24.0 Å². The highest BCUT2D eigenvalue weighted by Crippen LogP contribution is 2.25. The molecular weight excluding hydrogens is 378 g/mol. The Balaban J connectivity index is 1.68. The fourth-order valence-electron chi connectivity index (χ4n) is 2.83. The first-order valence-corrected chi connectivity index (χ1v) is 10.2. The lowest BCUT2D eigenvalue weighted by Crippen LogP contribution is -2.44. The van der Waals surface area contributed by atoms with Crippen LogP contribution < -0.4 is 9.47 Å². The first-order valence-electron chi connectivity index (χ1n) is 8.22. The van der Waals surface area contributed by atoms with Crippen LogP contribution >= 0.6 is 11.6 Å². The van der Waals surface area contributed by atoms with Crippen molar-refractivity contribution in [3.05, 3.63) is 47.2 Å². The number of hydrogen-bond donors (Lipinski definition) is 0. The average Bonchev–Trinajstić information content (AvgIpc) is 2.64. The largest absolute Gasteiger partial charge is 0.477 e. The first-order chi connectivity index (χ1) is 12.5. The van der Waals surface area contributed by atoms with E-state index in [-0.39, 0.29) is 30.2 Å². The average molecular weight is 398 g/mol. The number of halogens is 1. The normalized spacial score (nSPS) is 18.5. The van der Waals surface area contributed by atoms with Gasteiger partial charge in [0.25, 0.3) is 11.8 Å². The van der Waals surface area contributed by atoms with Gasteiger partial charge in [0.2, 0.25) is 10.0 Å². The van der Waals surface area contributed by atoms with Crippen molar-refractivity contribution in [1.29, 1.82) is 0 Å². The van der Waals surface area contributed by atoms with Crippen LogP contribution in [0.4, 0.5) is 0 Å². The molecule has 1 fully saturated rings. The molecule has 2 aromatic rings. The van der Waals surface area contributed by atoms with E-state index in [2.05, 4.69) is 9.97 Å². The van der Waals surface area contributed by atoms with Gasteiger partial charge in [-0.25, -0.2) is 18.4 Å². The van der Waals surface area contributed by atoms with Crippen molar-refractivity contribution in [3.8, 4) is 11.8 Å². The number of piperidine rings is 1. The summed E-state index contributed by atoms with van der Waals surface area (Å²) in [6.07, 6.45) is 4.18. The number of hydrogen-bond acceptors (Lipinski definition) is 6. The minimum Gasteiger partial charge on any atom is -0.477 e. The molecule has 2 heterocycles. The molecule has 140 valence electrons. The third kappa shape index (κ3) is 4.63. The van der Waals surface area contributed by atoms with Gasteiger partial charge in [-0.05, 0) is 30.5 Å². The molecule has 7 nitrogen and oxygen atoms in total. The van der Waals surface area contributed by atoms with E-state index in [1.807, 2.05) is 0 Å². The number of rotatable bonds is 6. The van der Waals surface area contributed by atoms with Gasteiger partial charge in [-0.3, -0.25) is 0 Å². The molecule has 0 aliphatic carbocycles. The Bertz CT molecular complexity index is 845. The van der Waals surface area contributed by atoms with Crippen molar-refractivity contribution in [3.63, 3.8) is 0 Å². The molecule has 1 atom stereocenters. The second kappa shape index (κ2) is 8.20. The van der Waals surface area contributed by atoms with Crippen molar-refractivity contribution >= 4 is 21.6 Å². The van der Waals surface area contributed by atoms with Crippen LogP contribution in [0.1, 0.15) is 18.4 Å². The topological polar surface area (TPSA) is 81.6 Å². The highest BCUT2D eigenvalue weighted by Gasteiger charge is 2.30. The highest BCUT2D eigenvalue weighted by atomic mass is 35.5. The van der Waals surface area contributed by atoms with Crippen LogP contribution in [0.3, 0.4) is 0 Å². The molecule has 0 bridgehead atoms. The smallest absolute Gasteiger partial charge is 0.278 e. The quantitative estimate of drug-likeness (QED) is 0.744. The lowest BCUT2D eigenvalue weighted by Gasteiger charge is -2.31. The predicted octanol–water partition coefficient (Wildman–Crippen LogP) is 2.51. The maximum absolute atomic E-state index is 12.7. The summed E-state index contributed by atoms with van der Waals surface area (Å²) in [5, 5.41) is 0.579. The highest BCUT2D eigenvalue weighted by molar-refractivity contribution is 7.88. The van der Waals surface area contributed by atoms with Gasteiger partial charge >= 0.3 is 0 Å². The SMILES string of the molecule is COc1nccnc1OC1CCCN(S(=O)(=O)Cc2ccc(Cl)cc2)C1. The van der Waals surface area contributed by atoms with Crippen molar-refractivity contribution < 1.29 is 17.9 Å². The third-order valence-electron chi connectivity index (χ3n) is 4.10. The van der Waals surface area contributed by atoms with E-state index in [0.29, 0.717) is 23.6 Å². The number of benzene rings is 1. The van der Waals surface area contributed by atoms with Crippen LogP contribution in [-0.2, 0) is 15.8 Å². The number of aromatic nitrogens is 2. The Morgan fingerprint density at radius 1 is 1.19 bits per heavy atom. The Morgan fingerprint density at radius 3 is 2.58 bits per heavy atom. The molecule has 1 aromatic heterocycles. The van der Waals surface area contributed by atoms with Crippen LogP contribution in [0, 0.1) is 0 Å². The molecule has 1 aliphatic rings. The number of nitrogens with zero attached hydrogens (tertiary/aromatic N) is 3. The number of sulfonamides is 1. The first kappa shape index (κ1) is 18.9. The van der Waals surface area contributed by atoms with Gasteiger partial charge < -0.3 is 9.47 Å². The molecule has 1 unspecified atom stereocenters. The molecule has 3 rings (SSSR count). The zero-order valence-electron chi connectivity index (χ0n) is 14.3. The summed E-state index contributed by atoms with van der Waals surface area (Å²) in [7, 11) is -1.96. The molecule has 0 radical (unpaired) electrons. The summed E-state index contributed by atoms with van der Waals surface area (Å²) in [4.78, 5) is 8.16. The monoisotopic (exact) mass is 397 g/mol. The Kier molecular flexibility index (Phi) is 5.95. The van der Waals surface area contributed by atoms with Crippen molar-refractivity contribution in [2.75, 3.05) is 20.2 Å². The van der Waals surface area contributed by atoms with E-state index in [0.717, 1.165) is 6.42 Å². The maximum atomic E-state index is 12.7. The standard InChI is InChI=1S/C17H20ClN3O4S/c1-24-16-17(20-9-8-19-16)25-15-3-2-10-21(11-15)26(22,23)12-13-4-6-14(18)7-5-13/h4-9,15H,2-3,10-12H2,1H3. The Hall–Kier alpha value is -1.90. The van der Waals surface area contributed by atoms with Crippen molar-refractivity contribution in [2.24, 2.45) is 0 Å². The molecule has 0 amide bonds. The summed E-state index contributed by atoms with van der Waals surface area (Å²) in [6, 6.07) is 6.83. The Morgan fingerprint density at radius 2 is 1.88 bits per heavy atom. The molecule has 26 heavy (non-hydrogen) atoms. The van der Waals surface area contributed by atoms with Crippen LogP contribution in [0.5, 0.6) is 11.8 Å². The van der Waals surface area contributed by atoms with Crippen LogP contribution in [0.25, 0.3) is 0 Å². The molecule has 0 saturated carbocycles. The minimum atomic E-state index is -3.45. The van der Waals surface area contributed by atoms with E-state index < -0.39 is 10.0 Å². The Labute approximate surface area is 158 Å². The number of methoxy groups -OCH3 is 1. The van der Waals surface area contributed by atoms with Gasteiger partial charge in [0.15, 0.2) is 0 Å². The minimum absolute atomic E-state index is 0.0641. The van der Waals surface area contributed by atoms with E-state index in [1.54, 1.807) is 24.3 Å². The second-order valence-electron chi connectivity index (χ2n) is 5.99. The van der Waals surface area contributed by atoms with E-state index in [4.69, 9.17) is 21.1 Å². The van der Waals surface area contributed by atoms with Gasteiger partial charge in [0.05, 0.1) is 19.4 Å². The zero-order chi connectivity index (χ0) is 18.6. The van der Waals surface area contributed by atoms with Crippen LogP contribution in [0.2, 0.25) is 5.02 Å². The molecular formula is C17H20ClN3O4S. The number of ether oxygens (including phenoxy) is 2. The van der Waals surface area contributed by atoms with Gasteiger partial charge in [-0.15, -0.1) is 0 Å². The fourth-order valence-corrected chi connectivity index (χ4v) is 4.55. The van der Waals surface area contributed by atoms with Gasteiger partial charge in [-0.1, -0.05) is 23.7 Å². The van der Waals surface area contributed by atoms with Crippen molar-refractivity contribution in [1.82, 2.24) is 14.3 Å². The summed E-state index contributed by atoms with van der Waals surface area (Å²) in [5.41, 5.74) is 0.702. The molecule has 1 aromatic carbocycles. The molecule has 0 spiro atoms. The van der Waals surface area contributed by atoms with E-state index >= 15 is 0 Å².